The molecule has 9 heteroatoms. The molecule has 0 bridgehead atoms. The standard InChI is InChI=1S/C23H35N3O4S2/c1-31-18-13-21(24-32(29,30)20-9-5-4-6-10-20)23(28)26-16-11-19(12-17-26)22(27)25-14-7-2-3-8-15-25/h4-6,9-10,19,21,24H,2-3,7-8,11-18H2,1H3. The maximum Gasteiger partial charge on any atom is 0.241 e. The minimum Gasteiger partial charge on any atom is -0.342 e. The Bertz CT molecular complexity index is 847. The van der Waals surface area contributed by atoms with Crippen LogP contribution in [0.1, 0.15) is 44.9 Å². The largest absolute Gasteiger partial charge is 0.342 e. The van der Waals surface area contributed by atoms with E-state index in [4.69, 9.17) is 0 Å². The number of thioether (sulfide) groups is 1. The molecule has 0 radical (unpaired) electrons. The normalized spacial score (nSPS) is 19.4. The summed E-state index contributed by atoms with van der Waals surface area (Å²) in [5, 5.41) is 0. The molecule has 32 heavy (non-hydrogen) atoms. The van der Waals surface area contributed by atoms with E-state index in [-0.39, 0.29) is 22.6 Å². The van der Waals surface area contributed by atoms with Gasteiger partial charge < -0.3 is 9.80 Å². The van der Waals surface area contributed by atoms with E-state index in [9.17, 15) is 18.0 Å². The van der Waals surface area contributed by atoms with Gasteiger partial charge in [0.25, 0.3) is 0 Å². The Hall–Kier alpha value is -1.58. The predicted octanol–water partition coefficient (Wildman–Crippen LogP) is 2.73. The first-order chi connectivity index (χ1) is 15.4. The lowest BCUT2D eigenvalue weighted by Gasteiger charge is -2.35. The highest BCUT2D eigenvalue weighted by Gasteiger charge is 2.34. The van der Waals surface area contributed by atoms with Crippen molar-refractivity contribution < 1.29 is 18.0 Å². The van der Waals surface area contributed by atoms with Crippen LogP contribution in [0, 0.1) is 5.92 Å². The average molecular weight is 482 g/mol. The second kappa shape index (κ2) is 12.0. The molecule has 2 saturated heterocycles. The van der Waals surface area contributed by atoms with Crippen molar-refractivity contribution in [2.75, 3.05) is 38.2 Å². The fourth-order valence-corrected chi connectivity index (χ4v) is 6.16. The summed E-state index contributed by atoms with van der Waals surface area (Å²) in [4.78, 5) is 30.0. The fraction of sp³-hybridized carbons (Fsp3) is 0.652. The second-order valence-corrected chi connectivity index (χ2v) is 11.3. The smallest absolute Gasteiger partial charge is 0.241 e. The van der Waals surface area contributed by atoms with Crippen LogP contribution in [0.2, 0.25) is 0 Å². The maximum atomic E-state index is 13.2. The van der Waals surface area contributed by atoms with Crippen molar-refractivity contribution in [1.82, 2.24) is 14.5 Å². The molecule has 178 valence electrons. The molecule has 1 N–H and O–H groups in total. The summed E-state index contributed by atoms with van der Waals surface area (Å²) in [5.41, 5.74) is 0. The van der Waals surface area contributed by atoms with E-state index in [0.29, 0.717) is 38.1 Å². The molecule has 3 rings (SSSR count). The van der Waals surface area contributed by atoms with Crippen LogP contribution in [0.5, 0.6) is 0 Å². The van der Waals surface area contributed by atoms with Gasteiger partial charge in [-0.15, -0.1) is 0 Å². The Morgan fingerprint density at radius 3 is 2.22 bits per heavy atom. The van der Waals surface area contributed by atoms with Crippen LogP contribution in [-0.4, -0.2) is 74.3 Å². The van der Waals surface area contributed by atoms with Crippen LogP contribution >= 0.6 is 11.8 Å². The van der Waals surface area contributed by atoms with E-state index in [1.165, 1.54) is 25.0 Å². The summed E-state index contributed by atoms with van der Waals surface area (Å²) in [6, 6.07) is 7.34. The van der Waals surface area contributed by atoms with Gasteiger partial charge in [-0.3, -0.25) is 9.59 Å². The number of carbonyl (C=O) groups is 2. The van der Waals surface area contributed by atoms with Gasteiger partial charge in [-0.1, -0.05) is 31.0 Å². The maximum absolute atomic E-state index is 13.2. The van der Waals surface area contributed by atoms with E-state index in [1.807, 2.05) is 11.2 Å². The predicted molar refractivity (Wildman–Crippen MR) is 128 cm³/mol. The number of nitrogens with one attached hydrogen (secondary N) is 1. The summed E-state index contributed by atoms with van der Waals surface area (Å²) >= 11 is 1.58. The third kappa shape index (κ3) is 6.71. The highest BCUT2D eigenvalue weighted by atomic mass is 32.2. The van der Waals surface area contributed by atoms with Crippen molar-refractivity contribution in [3.63, 3.8) is 0 Å². The van der Waals surface area contributed by atoms with Crippen LogP contribution in [0.4, 0.5) is 0 Å². The molecule has 0 aromatic heterocycles. The van der Waals surface area contributed by atoms with Gasteiger partial charge in [0.15, 0.2) is 0 Å². The fourth-order valence-electron chi connectivity index (χ4n) is 4.44. The highest BCUT2D eigenvalue weighted by Crippen LogP contribution is 2.23. The highest BCUT2D eigenvalue weighted by molar-refractivity contribution is 7.98. The molecular formula is C23H35N3O4S2. The van der Waals surface area contributed by atoms with Crippen molar-refractivity contribution in [2.45, 2.75) is 55.9 Å². The van der Waals surface area contributed by atoms with Gasteiger partial charge in [0.2, 0.25) is 21.8 Å². The average Bonchev–Trinajstić information content (AvgIpc) is 3.11. The molecule has 0 spiro atoms. The molecule has 1 aromatic rings. The van der Waals surface area contributed by atoms with Crippen LogP contribution in [0.3, 0.4) is 0 Å². The van der Waals surface area contributed by atoms with Crippen LogP contribution in [0.25, 0.3) is 0 Å². The first-order valence-electron chi connectivity index (χ1n) is 11.6. The number of rotatable bonds is 8. The van der Waals surface area contributed by atoms with E-state index in [1.54, 1.807) is 34.9 Å². The zero-order valence-electron chi connectivity index (χ0n) is 18.9. The summed E-state index contributed by atoms with van der Waals surface area (Å²) in [5.74, 6) is 0.669. The summed E-state index contributed by atoms with van der Waals surface area (Å²) in [7, 11) is -3.78. The van der Waals surface area contributed by atoms with Crippen LogP contribution in [0.15, 0.2) is 35.2 Å². The Kier molecular flexibility index (Phi) is 9.43. The lowest BCUT2D eigenvalue weighted by Crippen LogP contribution is -2.52. The molecule has 2 heterocycles. The first kappa shape index (κ1) is 25.1. The summed E-state index contributed by atoms with van der Waals surface area (Å²) in [6.07, 6.45) is 8.17. The number of piperidine rings is 1. The van der Waals surface area contributed by atoms with Crippen molar-refractivity contribution >= 4 is 33.6 Å². The quantitative estimate of drug-likeness (QED) is 0.617. The van der Waals surface area contributed by atoms with Crippen LogP contribution in [-0.2, 0) is 19.6 Å². The molecule has 2 fully saturated rings. The third-order valence-electron chi connectivity index (χ3n) is 6.33. The van der Waals surface area contributed by atoms with Gasteiger partial charge >= 0.3 is 0 Å². The van der Waals surface area contributed by atoms with Gasteiger partial charge in [0.05, 0.1) is 4.90 Å². The third-order valence-corrected chi connectivity index (χ3v) is 8.46. The van der Waals surface area contributed by atoms with Crippen molar-refractivity contribution in [2.24, 2.45) is 5.92 Å². The van der Waals surface area contributed by atoms with Gasteiger partial charge in [-0.2, -0.15) is 16.5 Å². The molecule has 1 unspecified atom stereocenters. The zero-order chi connectivity index (χ0) is 23.0. The summed E-state index contributed by atoms with van der Waals surface area (Å²) < 4.78 is 28.2. The lowest BCUT2D eigenvalue weighted by molar-refractivity contribution is -0.141. The number of hydrogen-bond donors (Lipinski definition) is 1. The molecule has 2 amide bonds. The topological polar surface area (TPSA) is 86.8 Å². The Morgan fingerprint density at radius 2 is 1.62 bits per heavy atom. The number of hydrogen-bond acceptors (Lipinski definition) is 5. The Morgan fingerprint density at radius 1 is 1.00 bits per heavy atom. The number of likely N-dealkylation sites (tertiary alicyclic amines) is 2. The van der Waals surface area contributed by atoms with Gasteiger partial charge in [-0.05, 0) is 56.2 Å². The minimum absolute atomic E-state index is 0.0391. The van der Waals surface area contributed by atoms with Crippen molar-refractivity contribution in [3.05, 3.63) is 30.3 Å². The van der Waals surface area contributed by atoms with Gasteiger partial charge in [0, 0.05) is 32.1 Å². The molecule has 1 atom stereocenters. The molecule has 1 aromatic carbocycles. The second-order valence-electron chi connectivity index (χ2n) is 8.61. The van der Waals surface area contributed by atoms with E-state index < -0.39 is 16.1 Å². The van der Waals surface area contributed by atoms with Gasteiger partial charge in [0.1, 0.15) is 6.04 Å². The number of sulfonamides is 1. The summed E-state index contributed by atoms with van der Waals surface area (Å²) in [6.45, 7) is 2.67. The van der Waals surface area contributed by atoms with Gasteiger partial charge in [-0.25, -0.2) is 8.42 Å². The van der Waals surface area contributed by atoms with E-state index >= 15 is 0 Å². The molecular weight excluding hydrogens is 446 g/mol. The zero-order valence-corrected chi connectivity index (χ0v) is 20.5. The van der Waals surface area contributed by atoms with Crippen molar-refractivity contribution in [3.8, 4) is 0 Å². The van der Waals surface area contributed by atoms with Crippen LogP contribution < -0.4 is 4.72 Å². The SMILES string of the molecule is CSCCC(NS(=O)(=O)c1ccccc1)C(=O)N1CCC(C(=O)N2CCCCCC2)CC1. The number of nitrogens with zero attached hydrogens (tertiary/aromatic N) is 2. The van der Waals surface area contributed by atoms with E-state index in [0.717, 1.165) is 25.9 Å². The van der Waals surface area contributed by atoms with Crippen molar-refractivity contribution in [1.29, 1.82) is 0 Å². The lowest BCUT2D eigenvalue weighted by atomic mass is 9.94. The molecule has 7 nitrogen and oxygen atoms in total. The minimum atomic E-state index is -3.78. The molecule has 0 saturated carbocycles. The first-order valence-corrected chi connectivity index (χ1v) is 14.4. The Balaban J connectivity index is 1.60. The number of benzene rings is 1. The Labute approximate surface area is 196 Å². The molecule has 2 aliphatic rings. The van der Waals surface area contributed by atoms with E-state index in [2.05, 4.69) is 4.72 Å². The molecule has 2 aliphatic heterocycles. The number of carbonyl (C=O) groups excluding carboxylic acids is 2. The molecule has 0 aliphatic carbocycles. The monoisotopic (exact) mass is 481 g/mol. The number of amides is 2.